The molecule has 0 spiro atoms. The van der Waals surface area contributed by atoms with Crippen molar-refractivity contribution in [1.82, 2.24) is 19.9 Å². The molecule has 0 radical (unpaired) electrons. The highest BCUT2D eigenvalue weighted by Gasteiger charge is 2.17. The number of primary amides is 1. The fourth-order valence-electron chi connectivity index (χ4n) is 2.62. The molecule has 3 N–H and O–H groups in total. The molecule has 0 aliphatic heterocycles. The lowest BCUT2D eigenvalue weighted by Gasteiger charge is -2.03. The second-order valence-corrected chi connectivity index (χ2v) is 7.55. The first-order chi connectivity index (χ1) is 12.5. The van der Waals surface area contributed by atoms with Gasteiger partial charge in [0.1, 0.15) is 15.0 Å². The van der Waals surface area contributed by atoms with Gasteiger partial charge in [-0.05, 0) is 6.92 Å². The van der Waals surface area contributed by atoms with Crippen molar-refractivity contribution in [1.29, 1.82) is 0 Å². The zero-order valence-corrected chi connectivity index (χ0v) is 15.3. The summed E-state index contributed by atoms with van der Waals surface area (Å²) in [6, 6.07) is 9.67. The summed E-state index contributed by atoms with van der Waals surface area (Å²) in [5.41, 5.74) is 7.12. The molecule has 0 saturated carbocycles. The number of nitrogens with two attached hydrogens (primary N) is 1. The Morgan fingerprint density at radius 2 is 2.00 bits per heavy atom. The summed E-state index contributed by atoms with van der Waals surface area (Å²) in [5.74, 6) is 0.186. The van der Waals surface area contributed by atoms with Crippen molar-refractivity contribution < 1.29 is 4.79 Å². The Bertz CT molecular complexity index is 1200. The van der Waals surface area contributed by atoms with E-state index in [0.717, 1.165) is 28.4 Å². The molecule has 0 unspecified atom stereocenters. The first kappa shape index (κ1) is 16.7. The SMILES string of the molecule is Cc1nc(-c2ccccc2)nc2sc3c(=O)[nH]c(SCC(N)=O)nc3c12. The number of carbonyl (C=O) groups is 1. The molecule has 0 fully saturated rings. The Hall–Kier alpha value is -2.78. The monoisotopic (exact) mass is 383 g/mol. The van der Waals surface area contributed by atoms with Gasteiger partial charge in [0.05, 0.1) is 16.8 Å². The van der Waals surface area contributed by atoms with Crippen LogP contribution in [0.25, 0.3) is 31.8 Å². The van der Waals surface area contributed by atoms with Crippen LogP contribution in [-0.4, -0.2) is 31.6 Å². The van der Waals surface area contributed by atoms with Gasteiger partial charge < -0.3 is 10.7 Å². The van der Waals surface area contributed by atoms with Crippen LogP contribution < -0.4 is 11.3 Å². The van der Waals surface area contributed by atoms with Gasteiger partial charge in [-0.1, -0.05) is 42.1 Å². The van der Waals surface area contributed by atoms with Crippen molar-refractivity contribution in [3.8, 4) is 11.4 Å². The van der Waals surface area contributed by atoms with Gasteiger partial charge >= 0.3 is 0 Å². The number of hydrogen-bond acceptors (Lipinski definition) is 7. The standard InChI is InChI=1S/C17H13N5O2S2/c1-8-11-12-13(15(24)22-17(20-12)25-7-10(18)23)26-16(11)21-14(19-8)9-5-3-2-4-6-9/h2-6H,7H2,1H3,(H2,18,23)(H,20,22,24). The Labute approximate surface area is 155 Å². The Morgan fingerprint density at radius 3 is 2.73 bits per heavy atom. The molecule has 0 atom stereocenters. The number of fused-ring (bicyclic) bond motifs is 3. The number of benzene rings is 1. The Balaban J connectivity index is 1.92. The zero-order chi connectivity index (χ0) is 18.3. The first-order valence-electron chi connectivity index (χ1n) is 7.70. The molecule has 0 saturated heterocycles. The van der Waals surface area contributed by atoms with Gasteiger partial charge in [-0.15, -0.1) is 11.3 Å². The minimum atomic E-state index is -0.472. The quantitative estimate of drug-likeness (QED) is 0.413. The molecule has 0 aliphatic rings. The molecule has 1 aromatic carbocycles. The second kappa shape index (κ2) is 6.50. The number of aromatic amines is 1. The van der Waals surface area contributed by atoms with Crippen molar-refractivity contribution in [2.75, 3.05) is 5.75 Å². The molecular formula is C17H13N5O2S2. The van der Waals surface area contributed by atoms with E-state index in [9.17, 15) is 9.59 Å². The highest BCUT2D eigenvalue weighted by Crippen LogP contribution is 2.33. The normalized spacial score (nSPS) is 11.3. The maximum atomic E-state index is 12.4. The summed E-state index contributed by atoms with van der Waals surface area (Å²) >= 11 is 2.38. The molecule has 1 amide bonds. The van der Waals surface area contributed by atoms with E-state index in [-0.39, 0.29) is 11.3 Å². The number of aromatic nitrogens is 4. The number of rotatable bonds is 4. The minimum Gasteiger partial charge on any atom is -0.369 e. The lowest BCUT2D eigenvalue weighted by molar-refractivity contribution is -0.115. The Kier molecular flexibility index (Phi) is 4.17. The largest absolute Gasteiger partial charge is 0.369 e. The van der Waals surface area contributed by atoms with Crippen molar-refractivity contribution in [3.63, 3.8) is 0 Å². The molecule has 130 valence electrons. The molecular weight excluding hydrogens is 370 g/mol. The lowest BCUT2D eigenvalue weighted by atomic mass is 10.2. The molecule has 0 aliphatic carbocycles. The number of carbonyl (C=O) groups excluding carboxylic acids is 1. The van der Waals surface area contributed by atoms with Crippen LogP contribution in [0.3, 0.4) is 0 Å². The third-order valence-electron chi connectivity index (χ3n) is 3.73. The van der Waals surface area contributed by atoms with Crippen LogP contribution in [0.15, 0.2) is 40.3 Å². The van der Waals surface area contributed by atoms with Gasteiger partial charge in [0.15, 0.2) is 11.0 Å². The lowest BCUT2D eigenvalue weighted by Crippen LogP contribution is -2.14. The van der Waals surface area contributed by atoms with Crippen LogP contribution in [0.1, 0.15) is 5.69 Å². The highest BCUT2D eigenvalue weighted by molar-refractivity contribution is 7.99. The fraction of sp³-hybridized carbons (Fsp3) is 0.118. The molecule has 3 aromatic heterocycles. The maximum Gasteiger partial charge on any atom is 0.269 e. The number of amides is 1. The molecule has 9 heteroatoms. The predicted molar refractivity (Wildman–Crippen MR) is 103 cm³/mol. The van der Waals surface area contributed by atoms with Crippen LogP contribution in [0.2, 0.25) is 0 Å². The topological polar surface area (TPSA) is 115 Å². The molecule has 26 heavy (non-hydrogen) atoms. The Morgan fingerprint density at radius 1 is 1.23 bits per heavy atom. The van der Waals surface area contributed by atoms with Crippen LogP contribution >= 0.6 is 23.1 Å². The summed E-state index contributed by atoms with van der Waals surface area (Å²) in [7, 11) is 0. The van der Waals surface area contributed by atoms with E-state index in [2.05, 4.69) is 19.9 Å². The third-order valence-corrected chi connectivity index (χ3v) is 5.70. The van der Waals surface area contributed by atoms with Crippen molar-refractivity contribution >= 4 is 49.4 Å². The number of thioether (sulfide) groups is 1. The molecule has 3 heterocycles. The number of thiophene rings is 1. The molecule has 4 rings (SSSR count). The van der Waals surface area contributed by atoms with Gasteiger partial charge in [-0.3, -0.25) is 9.59 Å². The van der Waals surface area contributed by atoms with Crippen molar-refractivity contribution in [3.05, 3.63) is 46.4 Å². The number of nitrogens with zero attached hydrogens (tertiary/aromatic N) is 3. The van der Waals surface area contributed by atoms with Crippen molar-refractivity contribution in [2.24, 2.45) is 5.73 Å². The zero-order valence-electron chi connectivity index (χ0n) is 13.6. The number of hydrogen-bond donors (Lipinski definition) is 2. The highest BCUT2D eigenvalue weighted by atomic mass is 32.2. The molecule has 4 aromatic rings. The third kappa shape index (κ3) is 2.95. The van der Waals surface area contributed by atoms with Crippen LogP contribution in [0, 0.1) is 6.92 Å². The minimum absolute atomic E-state index is 0.0458. The van der Waals surface area contributed by atoms with Gasteiger partial charge in [-0.25, -0.2) is 15.0 Å². The summed E-state index contributed by atoms with van der Waals surface area (Å²) in [4.78, 5) is 40.5. The van der Waals surface area contributed by atoms with Gasteiger partial charge in [0, 0.05) is 5.56 Å². The van der Waals surface area contributed by atoms with Crippen LogP contribution in [-0.2, 0) is 4.79 Å². The molecule has 7 nitrogen and oxygen atoms in total. The molecule has 0 bridgehead atoms. The second-order valence-electron chi connectivity index (χ2n) is 5.58. The van der Waals surface area contributed by atoms with E-state index < -0.39 is 5.91 Å². The van der Waals surface area contributed by atoms with Crippen LogP contribution in [0.4, 0.5) is 0 Å². The fourth-order valence-corrected chi connectivity index (χ4v) is 4.28. The van der Waals surface area contributed by atoms with E-state index in [1.165, 1.54) is 11.3 Å². The average Bonchev–Trinajstić information content (AvgIpc) is 3.00. The van der Waals surface area contributed by atoms with E-state index in [1.807, 2.05) is 37.3 Å². The van der Waals surface area contributed by atoms with Crippen LogP contribution in [0.5, 0.6) is 0 Å². The first-order valence-corrected chi connectivity index (χ1v) is 9.51. The summed E-state index contributed by atoms with van der Waals surface area (Å²) < 4.78 is 0.492. The summed E-state index contributed by atoms with van der Waals surface area (Å²) in [6.07, 6.45) is 0. The average molecular weight is 383 g/mol. The summed E-state index contributed by atoms with van der Waals surface area (Å²) in [5, 5.41) is 1.12. The number of nitrogens with one attached hydrogen (secondary N) is 1. The number of aryl methyl sites for hydroxylation is 1. The van der Waals surface area contributed by atoms with Crippen molar-refractivity contribution in [2.45, 2.75) is 12.1 Å². The van der Waals surface area contributed by atoms with Gasteiger partial charge in [0.25, 0.3) is 5.56 Å². The van der Waals surface area contributed by atoms with E-state index in [0.29, 0.717) is 26.0 Å². The smallest absolute Gasteiger partial charge is 0.269 e. The van der Waals surface area contributed by atoms with E-state index >= 15 is 0 Å². The van der Waals surface area contributed by atoms with E-state index in [1.54, 1.807) is 0 Å². The summed E-state index contributed by atoms with van der Waals surface area (Å²) in [6.45, 7) is 1.88. The van der Waals surface area contributed by atoms with Gasteiger partial charge in [0.2, 0.25) is 5.91 Å². The van der Waals surface area contributed by atoms with Gasteiger partial charge in [-0.2, -0.15) is 0 Å². The predicted octanol–water partition coefficient (Wildman–Crippen LogP) is 2.48. The van der Waals surface area contributed by atoms with E-state index in [4.69, 9.17) is 5.73 Å². The number of H-pyrrole nitrogens is 1. The maximum absolute atomic E-state index is 12.4.